The van der Waals surface area contributed by atoms with Gasteiger partial charge in [0.1, 0.15) is 12.1 Å². The molecule has 0 fully saturated rings. The fourth-order valence-electron chi connectivity index (χ4n) is 2.51. The van der Waals surface area contributed by atoms with Crippen LogP contribution in [0.5, 0.6) is 0 Å². The Hall–Kier alpha value is -3.02. The number of nitrogens with zero attached hydrogens (tertiary/aromatic N) is 5. The Kier molecular flexibility index (Phi) is 2.93. The van der Waals surface area contributed by atoms with Crippen LogP contribution in [0.3, 0.4) is 0 Å². The Balaban J connectivity index is 1.62. The van der Waals surface area contributed by atoms with Gasteiger partial charge in [0.15, 0.2) is 5.65 Å². The van der Waals surface area contributed by atoms with Crippen LogP contribution in [0.15, 0.2) is 49.1 Å². The number of pyridine rings is 1. The van der Waals surface area contributed by atoms with Crippen molar-refractivity contribution in [2.24, 2.45) is 7.05 Å². The van der Waals surface area contributed by atoms with Crippen molar-refractivity contribution in [3.63, 3.8) is 0 Å². The van der Waals surface area contributed by atoms with E-state index in [4.69, 9.17) is 0 Å². The van der Waals surface area contributed by atoms with E-state index in [-0.39, 0.29) is 0 Å². The smallest absolute Gasteiger partial charge is 0.163 e. The van der Waals surface area contributed by atoms with E-state index in [0.29, 0.717) is 6.54 Å². The minimum atomic E-state index is 0.674. The third kappa shape index (κ3) is 2.14. The van der Waals surface area contributed by atoms with Crippen molar-refractivity contribution in [3.8, 4) is 0 Å². The van der Waals surface area contributed by atoms with E-state index >= 15 is 0 Å². The van der Waals surface area contributed by atoms with Gasteiger partial charge in [0.2, 0.25) is 0 Å². The van der Waals surface area contributed by atoms with Gasteiger partial charge in [0.05, 0.1) is 17.1 Å². The van der Waals surface area contributed by atoms with Gasteiger partial charge in [-0.25, -0.2) is 9.97 Å². The van der Waals surface area contributed by atoms with Crippen LogP contribution in [0.25, 0.3) is 21.9 Å². The molecule has 0 amide bonds. The number of benzene rings is 1. The summed E-state index contributed by atoms with van der Waals surface area (Å²) in [5, 5.41) is 9.63. The molecule has 108 valence electrons. The van der Waals surface area contributed by atoms with Crippen molar-refractivity contribution in [3.05, 3.63) is 54.6 Å². The second kappa shape index (κ2) is 5.07. The Labute approximate surface area is 126 Å². The highest BCUT2D eigenvalue weighted by atomic mass is 15.3. The summed E-state index contributed by atoms with van der Waals surface area (Å²) in [6.45, 7) is 0.674. The largest absolute Gasteiger partial charge is 0.365 e. The van der Waals surface area contributed by atoms with Crippen LogP contribution in [0, 0.1) is 0 Å². The zero-order valence-electron chi connectivity index (χ0n) is 12.1. The SMILES string of the molecule is Cn1ncc2c(NCc3ccc4cccnc4c3)ncnc21. The first-order valence-corrected chi connectivity index (χ1v) is 7.01. The predicted molar refractivity (Wildman–Crippen MR) is 85.4 cm³/mol. The Morgan fingerprint density at radius 3 is 3.05 bits per heavy atom. The van der Waals surface area contributed by atoms with E-state index in [1.54, 1.807) is 17.2 Å². The molecule has 3 heterocycles. The molecule has 0 aliphatic carbocycles. The number of hydrogen-bond donors (Lipinski definition) is 1. The summed E-state index contributed by atoms with van der Waals surface area (Å²) >= 11 is 0. The molecular weight excluding hydrogens is 276 g/mol. The second-order valence-corrected chi connectivity index (χ2v) is 5.11. The summed E-state index contributed by atoms with van der Waals surface area (Å²) in [7, 11) is 1.87. The number of hydrogen-bond acceptors (Lipinski definition) is 5. The van der Waals surface area contributed by atoms with Crippen molar-refractivity contribution in [2.45, 2.75) is 6.54 Å². The standard InChI is InChI=1S/C16H14N6/c1-22-16-13(9-21-22)15(19-10-20-16)18-8-11-4-5-12-3-2-6-17-14(12)7-11/h2-7,9-10H,8H2,1H3,(H,18,19,20). The van der Waals surface area contributed by atoms with Crippen LogP contribution < -0.4 is 5.32 Å². The van der Waals surface area contributed by atoms with E-state index in [1.807, 2.05) is 19.3 Å². The molecule has 0 saturated carbocycles. The van der Waals surface area contributed by atoms with Gasteiger partial charge in [-0.2, -0.15) is 5.10 Å². The summed E-state index contributed by atoms with van der Waals surface area (Å²) in [6.07, 6.45) is 5.14. The fraction of sp³-hybridized carbons (Fsp3) is 0.125. The zero-order chi connectivity index (χ0) is 14.9. The van der Waals surface area contributed by atoms with Crippen molar-refractivity contribution in [1.82, 2.24) is 24.7 Å². The molecule has 0 bridgehead atoms. The van der Waals surface area contributed by atoms with Gasteiger partial charge in [-0.05, 0) is 17.7 Å². The van der Waals surface area contributed by atoms with Crippen molar-refractivity contribution in [2.75, 3.05) is 5.32 Å². The molecular formula is C16H14N6. The Morgan fingerprint density at radius 1 is 1.14 bits per heavy atom. The topological polar surface area (TPSA) is 68.5 Å². The van der Waals surface area contributed by atoms with Gasteiger partial charge in [-0.3, -0.25) is 9.67 Å². The van der Waals surface area contributed by atoms with Crippen molar-refractivity contribution in [1.29, 1.82) is 0 Å². The highest BCUT2D eigenvalue weighted by Crippen LogP contribution is 2.19. The van der Waals surface area contributed by atoms with Crippen molar-refractivity contribution >= 4 is 27.8 Å². The van der Waals surface area contributed by atoms with Gasteiger partial charge in [-0.1, -0.05) is 18.2 Å². The lowest BCUT2D eigenvalue weighted by atomic mass is 10.1. The number of nitrogens with one attached hydrogen (secondary N) is 1. The first-order chi connectivity index (χ1) is 10.8. The van der Waals surface area contributed by atoms with E-state index in [2.05, 4.69) is 49.6 Å². The maximum absolute atomic E-state index is 4.38. The zero-order valence-corrected chi connectivity index (χ0v) is 12.1. The van der Waals surface area contributed by atoms with Crippen LogP contribution in [0.4, 0.5) is 5.82 Å². The van der Waals surface area contributed by atoms with Gasteiger partial charge >= 0.3 is 0 Å². The summed E-state index contributed by atoms with van der Waals surface area (Å²) < 4.78 is 1.74. The first kappa shape index (κ1) is 12.7. The minimum Gasteiger partial charge on any atom is -0.365 e. The van der Waals surface area contributed by atoms with Gasteiger partial charge in [0.25, 0.3) is 0 Å². The second-order valence-electron chi connectivity index (χ2n) is 5.11. The van der Waals surface area contributed by atoms with Gasteiger partial charge in [0, 0.05) is 25.2 Å². The van der Waals surface area contributed by atoms with E-state index in [0.717, 1.165) is 33.3 Å². The van der Waals surface area contributed by atoms with Crippen LogP contribution in [-0.4, -0.2) is 24.7 Å². The van der Waals surface area contributed by atoms with Crippen molar-refractivity contribution < 1.29 is 0 Å². The van der Waals surface area contributed by atoms with Crippen LogP contribution in [-0.2, 0) is 13.6 Å². The monoisotopic (exact) mass is 290 g/mol. The number of fused-ring (bicyclic) bond motifs is 2. The number of anilines is 1. The molecule has 6 nitrogen and oxygen atoms in total. The van der Waals surface area contributed by atoms with E-state index in [9.17, 15) is 0 Å². The lowest BCUT2D eigenvalue weighted by Crippen LogP contribution is -2.02. The molecule has 0 aliphatic rings. The molecule has 1 N–H and O–H groups in total. The molecule has 0 aliphatic heterocycles. The highest BCUT2D eigenvalue weighted by Gasteiger charge is 2.07. The Bertz CT molecular complexity index is 959. The molecule has 3 aromatic heterocycles. The Morgan fingerprint density at radius 2 is 2.09 bits per heavy atom. The number of aryl methyl sites for hydroxylation is 1. The molecule has 4 rings (SSSR count). The summed E-state index contributed by atoms with van der Waals surface area (Å²) in [4.78, 5) is 12.9. The normalized spacial score (nSPS) is 11.1. The average molecular weight is 290 g/mol. The van der Waals surface area contributed by atoms with Crippen LogP contribution in [0.2, 0.25) is 0 Å². The highest BCUT2D eigenvalue weighted by molar-refractivity contribution is 5.86. The lowest BCUT2D eigenvalue weighted by Gasteiger charge is -2.07. The third-order valence-corrected chi connectivity index (χ3v) is 3.66. The number of aromatic nitrogens is 5. The van der Waals surface area contributed by atoms with Crippen LogP contribution in [0.1, 0.15) is 5.56 Å². The molecule has 0 radical (unpaired) electrons. The maximum Gasteiger partial charge on any atom is 0.163 e. The lowest BCUT2D eigenvalue weighted by molar-refractivity contribution is 0.785. The average Bonchev–Trinajstić information content (AvgIpc) is 2.95. The molecule has 0 atom stereocenters. The third-order valence-electron chi connectivity index (χ3n) is 3.66. The first-order valence-electron chi connectivity index (χ1n) is 7.01. The molecule has 4 aromatic rings. The predicted octanol–water partition coefficient (Wildman–Crippen LogP) is 2.52. The molecule has 22 heavy (non-hydrogen) atoms. The summed E-state index contributed by atoms with van der Waals surface area (Å²) in [6, 6.07) is 10.3. The van der Waals surface area contributed by atoms with Gasteiger partial charge in [-0.15, -0.1) is 0 Å². The van der Waals surface area contributed by atoms with E-state index < -0.39 is 0 Å². The van der Waals surface area contributed by atoms with Gasteiger partial charge < -0.3 is 5.32 Å². The molecule has 6 heteroatoms. The molecule has 1 aromatic carbocycles. The molecule has 0 unspecified atom stereocenters. The van der Waals surface area contributed by atoms with Crippen LogP contribution >= 0.6 is 0 Å². The molecule has 0 saturated heterocycles. The number of rotatable bonds is 3. The molecule has 0 spiro atoms. The minimum absolute atomic E-state index is 0.674. The summed E-state index contributed by atoms with van der Waals surface area (Å²) in [5.74, 6) is 0.791. The quantitative estimate of drug-likeness (QED) is 0.628. The fourth-order valence-corrected chi connectivity index (χ4v) is 2.51. The summed E-state index contributed by atoms with van der Waals surface area (Å²) in [5.41, 5.74) is 2.97. The van der Waals surface area contributed by atoms with E-state index in [1.165, 1.54) is 0 Å². The maximum atomic E-state index is 4.38.